The van der Waals surface area contributed by atoms with E-state index in [0.717, 1.165) is 22.3 Å². The average molecular weight is 298 g/mol. The van der Waals surface area contributed by atoms with Gasteiger partial charge in [0.1, 0.15) is 0 Å². The number of benzene rings is 2. The molecule has 21 heavy (non-hydrogen) atoms. The molecule has 0 bridgehead atoms. The molecule has 1 aliphatic rings. The first-order valence-corrected chi connectivity index (χ1v) is 8.18. The first-order valence-electron chi connectivity index (χ1n) is 7.36. The Morgan fingerprint density at radius 1 is 0.905 bits per heavy atom. The molecule has 1 nitrogen and oxygen atoms in total. The molecule has 2 heteroatoms. The van der Waals surface area contributed by atoms with Crippen molar-refractivity contribution in [1.82, 2.24) is 0 Å². The van der Waals surface area contributed by atoms with Crippen LogP contribution in [0.25, 0.3) is 0 Å². The quantitative estimate of drug-likeness (QED) is 0.817. The molecule has 1 N–H and O–H groups in total. The molecule has 1 atom stereocenters. The average Bonchev–Trinajstić information content (AvgIpc) is 2.56. The number of fused-ring (bicyclic) bond motifs is 1. The van der Waals surface area contributed by atoms with Crippen LogP contribution in [0.5, 0.6) is 0 Å². The van der Waals surface area contributed by atoms with Crippen LogP contribution in [0.2, 0.25) is 0 Å². The van der Waals surface area contributed by atoms with Crippen LogP contribution in [0, 0.1) is 20.8 Å². The van der Waals surface area contributed by atoms with Crippen molar-refractivity contribution in [3.05, 3.63) is 69.8 Å². The Morgan fingerprint density at radius 3 is 2.00 bits per heavy atom. The number of aryl methyl sites for hydroxylation is 3. The third-order valence-electron chi connectivity index (χ3n) is 4.36. The van der Waals surface area contributed by atoms with Crippen molar-refractivity contribution in [2.24, 2.45) is 0 Å². The lowest BCUT2D eigenvalue weighted by atomic mass is 9.87. The van der Waals surface area contributed by atoms with Crippen LogP contribution in [0.3, 0.4) is 0 Å². The molecule has 1 heterocycles. The van der Waals surface area contributed by atoms with E-state index in [1.807, 2.05) is 6.07 Å². The zero-order chi connectivity index (χ0) is 15.4. The molecule has 110 valence electrons. The molecule has 1 aliphatic heterocycles. The van der Waals surface area contributed by atoms with E-state index in [2.05, 4.69) is 65.0 Å². The minimum Gasteiger partial charge on any atom is -0.371 e. The lowest BCUT2D eigenvalue weighted by Crippen LogP contribution is -2.23. The van der Waals surface area contributed by atoms with E-state index >= 15 is 0 Å². The Hall–Kier alpha value is -1.25. The maximum absolute atomic E-state index is 11.6. The summed E-state index contributed by atoms with van der Waals surface area (Å²) in [4.78, 5) is -0.956. The second-order valence-electron chi connectivity index (χ2n) is 6.58. The Bertz CT molecular complexity index is 694. The lowest BCUT2D eigenvalue weighted by molar-refractivity contribution is 0.182. The summed E-state index contributed by atoms with van der Waals surface area (Å²) in [5, 5.41) is 11.6. The SMILES string of the molecule is Cc1cc(C)c(C2(O)SC(C)(C)c3ccccc32)c(C)c1. The maximum Gasteiger partial charge on any atom is 0.163 e. The summed E-state index contributed by atoms with van der Waals surface area (Å²) < 4.78 is -0.0882. The molecule has 0 spiro atoms. The smallest absolute Gasteiger partial charge is 0.163 e. The lowest BCUT2D eigenvalue weighted by Gasteiger charge is -2.29. The van der Waals surface area contributed by atoms with Crippen LogP contribution < -0.4 is 0 Å². The highest BCUT2D eigenvalue weighted by atomic mass is 32.2. The van der Waals surface area contributed by atoms with E-state index in [0.29, 0.717) is 0 Å². The van der Waals surface area contributed by atoms with E-state index in [-0.39, 0.29) is 4.75 Å². The number of aliphatic hydroxyl groups is 1. The highest BCUT2D eigenvalue weighted by Crippen LogP contribution is 2.60. The van der Waals surface area contributed by atoms with E-state index in [4.69, 9.17) is 0 Å². The van der Waals surface area contributed by atoms with Crippen LogP contribution in [-0.2, 0) is 9.68 Å². The van der Waals surface area contributed by atoms with Crippen molar-refractivity contribution in [3.8, 4) is 0 Å². The Kier molecular flexibility index (Phi) is 3.23. The number of thioether (sulfide) groups is 1. The molecular weight excluding hydrogens is 276 g/mol. The van der Waals surface area contributed by atoms with Gasteiger partial charge in [-0.25, -0.2) is 0 Å². The second-order valence-corrected chi connectivity index (χ2v) is 8.39. The normalized spacial score (nSPS) is 23.1. The summed E-state index contributed by atoms with van der Waals surface area (Å²) in [6, 6.07) is 12.6. The summed E-state index contributed by atoms with van der Waals surface area (Å²) in [6.07, 6.45) is 0. The van der Waals surface area contributed by atoms with Gasteiger partial charge in [-0.1, -0.05) is 42.0 Å². The van der Waals surface area contributed by atoms with Gasteiger partial charge in [-0.15, -0.1) is 11.8 Å². The topological polar surface area (TPSA) is 20.2 Å². The third-order valence-corrected chi connectivity index (χ3v) is 5.81. The molecule has 2 aromatic rings. The van der Waals surface area contributed by atoms with Gasteiger partial charge in [-0.3, -0.25) is 0 Å². The number of hydrogen-bond donors (Lipinski definition) is 1. The van der Waals surface area contributed by atoms with E-state index < -0.39 is 4.93 Å². The summed E-state index contributed by atoms with van der Waals surface area (Å²) in [5.74, 6) is 0. The van der Waals surface area contributed by atoms with Crippen LogP contribution in [-0.4, -0.2) is 5.11 Å². The molecule has 0 aromatic heterocycles. The number of hydrogen-bond acceptors (Lipinski definition) is 2. The van der Waals surface area contributed by atoms with Crippen LogP contribution >= 0.6 is 11.8 Å². The van der Waals surface area contributed by atoms with Crippen LogP contribution in [0.15, 0.2) is 36.4 Å². The van der Waals surface area contributed by atoms with Gasteiger partial charge in [-0.05, 0) is 51.3 Å². The standard InChI is InChI=1S/C19H22OS/c1-12-10-13(2)17(14(3)11-12)19(20)16-9-7-6-8-15(16)18(4,5)21-19/h6-11,20H,1-5H3. The van der Waals surface area contributed by atoms with Crippen molar-refractivity contribution in [3.63, 3.8) is 0 Å². The molecule has 1 unspecified atom stereocenters. The Morgan fingerprint density at radius 2 is 1.43 bits per heavy atom. The minimum absolute atomic E-state index is 0.0882. The van der Waals surface area contributed by atoms with E-state index in [1.54, 1.807) is 11.8 Å². The molecule has 3 rings (SSSR count). The zero-order valence-electron chi connectivity index (χ0n) is 13.3. The fourth-order valence-corrected chi connectivity index (χ4v) is 5.42. The van der Waals surface area contributed by atoms with Crippen molar-refractivity contribution in [2.75, 3.05) is 0 Å². The van der Waals surface area contributed by atoms with Crippen molar-refractivity contribution in [2.45, 2.75) is 44.3 Å². The highest BCUT2D eigenvalue weighted by Gasteiger charge is 2.49. The third kappa shape index (κ3) is 2.13. The van der Waals surface area contributed by atoms with Crippen molar-refractivity contribution >= 4 is 11.8 Å². The minimum atomic E-state index is -0.956. The summed E-state index contributed by atoms with van der Waals surface area (Å²) >= 11 is 1.64. The first-order chi connectivity index (χ1) is 9.75. The van der Waals surface area contributed by atoms with Gasteiger partial charge < -0.3 is 5.11 Å². The molecule has 0 fully saturated rings. The largest absolute Gasteiger partial charge is 0.371 e. The highest BCUT2D eigenvalue weighted by molar-refractivity contribution is 8.01. The predicted octanol–water partition coefficient (Wildman–Crippen LogP) is 4.79. The molecule has 0 radical (unpaired) electrons. The molecule has 2 aromatic carbocycles. The fourth-order valence-electron chi connectivity index (χ4n) is 3.68. The zero-order valence-corrected chi connectivity index (χ0v) is 14.1. The molecular formula is C19H22OS. The molecule has 0 aliphatic carbocycles. The van der Waals surface area contributed by atoms with Gasteiger partial charge in [-0.2, -0.15) is 0 Å². The summed E-state index contributed by atoms with van der Waals surface area (Å²) in [7, 11) is 0. The molecule has 0 saturated heterocycles. The maximum atomic E-state index is 11.6. The van der Waals surface area contributed by atoms with Crippen molar-refractivity contribution in [1.29, 1.82) is 0 Å². The van der Waals surface area contributed by atoms with Gasteiger partial charge in [0.2, 0.25) is 0 Å². The van der Waals surface area contributed by atoms with Crippen LogP contribution in [0.4, 0.5) is 0 Å². The van der Waals surface area contributed by atoms with Crippen LogP contribution in [0.1, 0.15) is 47.2 Å². The summed E-state index contributed by atoms with van der Waals surface area (Å²) in [5.41, 5.74) is 6.89. The van der Waals surface area contributed by atoms with Gasteiger partial charge in [0, 0.05) is 15.9 Å². The van der Waals surface area contributed by atoms with Crippen molar-refractivity contribution < 1.29 is 5.11 Å². The van der Waals surface area contributed by atoms with E-state index in [9.17, 15) is 5.11 Å². The van der Waals surface area contributed by atoms with Gasteiger partial charge >= 0.3 is 0 Å². The van der Waals surface area contributed by atoms with Gasteiger partial charge in [0.05, 0.1) is 0 Å². The summed E-state index contributed by atoms with van der Waals surface area (Å²) in [6.45, 7) is 10.7. The molecule has 0 saturated carbocycles. The monoisotopic (exact) mass is 298 g/mol. The Labute approximate surface area is 131 Å². The van der Waals surface area contributed by atoms with Gasteiger partial charge in [0.25, 0.3) is 0 Å². The Balaban J connectivity index is 2.29. The number of rotatable bonds is 1. The molecule has 0 amide bonds. The van der Waals surface area contributed by atoms with E-state index in [1.165, 1.54) is 11.1 Å². The fraction of sp³-hybridized carbons (Fsp3) is 0.368. The van der Waals surface area contributed by atoms with Gasteiger partial charge in [0.15, 0.2) is 4.93 Å². The first kappa shape index (κ1) is 14.7. The second kappa shape index (κ2) is 4.62. The predicted molar refractivity (Wildman–Crippen MR) is 90.7 cm³/mol.